The van der Waals surface area contributed by atoms with Crippen molar-refractivity contribution in [2.45, 2.75) is 57.4 Å². The van der Waals surface area contributed by atoms with Crippen LogP contribution in [-0.4, -0.2) is 43.2 Å². The fourth-order valence-electron chi connectivity index (χ4n) is 4.87. The van der Waals surface area contributed by atoms with Crippen LogP contribution in [0, 0.1) is 5.92 Å². The maximum Gasteiger partial charge on any atom is 0.225 e. The molecule has 1 fully saturated rings. The van der Waals surface area contributed by atoms with E-state index in [0.717, 1.165) is 41.7 Å². The van der Waals surface area contributed by atoms with Gasteiger partial charge in [-0.3, -0.25) is 0 Å². The maximum absolute atomic E-state index is 4.81. The molecule has 0 radical (unpaired) electrons. The van der Waals surface area contributed by atoms with Crippen molar-refractivity contribution in [1.82, 2.24) is 15.3 Å². The van der Waals surface area contributed by atoms with Crippen molar-refractivity contribution in [3.63, 3.8) is 0 Å². The SMILES string of the molecule is CN(C)c1nc(N[C@H]2CC[C@@H](CNCCCCCc3ccccc3)CC2)nc2ccccc12. The molecule has 0 atom stereocenters. The first kappa shape index (κ1) is 23.5. The van der Waals surface area contributed by atoms with Crippen molar-refractivity contribution >= 4 is 22.7 Å². The van der Waals surface area contributed by atoms with E-state index in [1.54, 1.807) is 0 Å². The quantitative estimate of drug-likeness (QED) is 0.373. The second-order valence-corrected chi connectivity index (χ2v) is 9.64. The minimum Gasteiger partial charge on any atom is -0.362 e. The third-order valence-electron chi connectivity index (χ3n) is 6.78. The molecule has 0 aliphatic heterocycles. The molecule has 0 bridgehead atoms. The molecule has 0 saturated heterocycles. The number of aromatic nitrogens is 2. The number of hydrogen-bond acceptors (Lipinski definition) is 5. The molecule has 33 heavy (non-hydrogen) atoms. The summed E-state index contributed by atoms with van der Waals surface area (Å²) in [6.45, 7) is 2.30. The van der Waals surface area contributed by atoms with Gasteiger partial charge in [-0.15, -0.1) is 0 Å². The van der Waals surface area contributed by atoms with Gasteiger partial charge in [-0.05, 0) is 81.6 Å². The molecule has 176 valence electrons. The highest BCUT2D eigenvalue weighted by atomic mass is 15.2. The van der Waals surface area contributed by atoms with Gasteiger partial charge in [0.2, 0.25) is 5.95 Å². The molecule has 1 aliphatic rings. The minimum absolute atomic E-state index is 0.468. The zero-order valence-electron chi connectivity index (χ0n) is 20.3. The third-order valence-corrected chi connectivity index (χ3v) is 6.78. The van der Waals surface area contributed by atoms with E-state index in [2.05, 4.69) is 58.0 Å². The van der Waals surface area contributed by atoms with E-state index in [1.165, 1.54) is 56.9 Å². The molecule has 0 amide bonds. The number of rotatable bonds is 11. The van der Waals surface area contributed by atoms with Gasteiger partial charge >= 0.3 is 0 Å². The molecule has 0 unspecified atom stereocenters. The highest BCUT2D eigenvalue weighted by Crippen LogP contribution is 2.28. The molecule has 4 rings (SSSR count). The molecule has 1 aliphatic carbocycles. The summed E-state index contributed by atoms with van der Waals surface area (Å²) in [6.07, 6.45) is 9.99. The lowest BCUT2D eigenvalue weighted by molar-refractivity contribution is 0.323. The van der Waals surface area contributed by atoms with Gasteiger partial charge in [-0.1, -0.05) is 48.9 Å². The predicted octanol–water partition coefficient (Wildman–Crippen LogP) is 5.67. The van der Waals surface area contributed by atoms with Crippen molar-refractivity contribution in [3.8, 4) is 0 Å². The van der Waals surface area contributed by atoms with Crippen molar-refractivity contribution in [2.24, 2.45) is 5.92 Å². The Morgan fingerprint density at radius 2 is 1.61 bits per heavy atom. The van der Waals surface area contributed by atoms with Crippen molar-refractivity contribution < 1.29 is 0 Å². The van der Waals surface area contributed by atoms with Gasteiger partial charge in [0, 0.05) is 25.5 Å². The average Bonchev–Trinajstić information content (AvgIpc) is 2.84. The van der Waals surface area contributed by atoms with Gasteiger partial charge in [-0.25, -0.2) is 4.98 Å². The van der Waals surface area contributed by atoms with E-state index in [9.17, 15) is 0 Å². The Labute approximate surface area is 199 Å². The van der Waals surface area contributed by atoms with Crippen LogP contribution in [0.2, 0.25) is 0 Å². The van der Waals surface area contributed by atoms with Gasteiger partial charge in [0.05, 0.1) is 5.52 Å². The van der Waals surface area contributed by atoms with Gasteiger partial charge in [-0.2, -0.15) is 4.98 Å². The maximum atomic E-state index is 4.81. The molecule has 2 aromatic carbocycles. The highest BCUT2D eigenvalue weighted by Gasteiger charge is 2.22. The summed E-state index contributed by atoms with van der Waals surface area (Å²) in [5.41, 5.74) is 2.46. The fourth-order valence-corrected chi connectivity index (χ4v) is 4.87. The van der Waals surface area contributed by atoms with Crippen LogP contribution in [-0.2, 0) is 6.42 Å². The number of anilines is 2. The minimum atomic E-state index is 0.468. The van der Waals surface area contributed by atoms with Gasteiger partial charge in [0.15, 0.2) is 0 Å². The molecular formula is C28H39N5. The van der Waals surface area contributed by atoms with Crippen LogP contribution in [0.15, 0.2) is 54.6 Å². The number of nitrogens with one attached hydrogen (secondary N) is 2. The Morgan fingerprint density at radius 3 is 2.39 bits per heavy atom. The lowest BCUT2D eigenvalue weighted by atomic mass is 9.86. The summed E-state index contributed by atoms with van der Waals surface area (Å²) in [5, 5.41) is 8.43. The number of nitrogens with zero attached hydrogens (tertiary/aromatic N) is 3. The molecule has 3 aromatic rings. The van der Waals surface area contributed by atoms with Crippen LogP contribution in [0.4, 0.5) is 11.8 Å². The normalized spacial score (nSPS) is 18.4. The summed E-state index contributed by atoms with van der Waals surface area (Å²) in [7, 11) is 4.08. The lowest BCUT2D eigenvalue weighted by Gasteiger charge is -2.29. The van der Waals surface area contributed by atoms with E-state index in [-0.39, 0.29) is 0 Å². The highest BCUT2D eigenvalue weighted by molar-refractivity contribution is 5.90. The van der Waals surface area contributed by atoms with E-state index in [4.69, 9.17) is 9.97 Å². The molecule has 5 nitrogen and oxygen atoms in total. The van der Waals surface area contributed by atoms with E-state index in [0.29, 0.717) is 6.04 Å². The number of fused-ring (bicyclic) bond motifs is 1. The standard InChI is InChI=1S/C28H39N5/c1-33(2)27-25-14-8-9-15-26(25)31-28(32-27)30-24-18-16-23(17-19-24)21-29-20-10-4-7-13-22-11-5-3-6-12-22/h3,5-6,8-9,11-12,14-15,23-24,29H,4,7,10,13,16-21H2,1-2H3,(H,30,31,32)/t23-,24+. The third kappa shape index (κ3) is 6.91. The van der Waals surface area contributed by atoms with Crippen molar-refractivity contribution in [1.29, 1.82) is 0 Å². The summed E-state index contributed by atoms with van der Waals surface area (Å²) >= 11 is 0. The monoisotopic (exact) mass is 445 g/mol. The van der Waals surface area contributed by atoms with Crippen LogP contribution >= 0.6 is 0 Å². The molecule has 1 heterocycles. The van der Waals surface area contributed by atoms with Crippen LogP contribution in [0.3, 0.4) is 0 Å². The van der Waals surface area contributed by atoms with Crippen molar-refractivity contribution in [2.75, 3.05) is 37.4 Å². The second-order valence-electron chi connectivity index (χ2n) is 9.64. The van der Waals surface area contributed by atoms with Crippen LogP contribution < -0.4 is 15.5 Å². The summed E-state index contributed by atoms with van der Waals surface area (Å²) < 4.78 is 0. The smallest absolute Gasteiger partial charge is 0.225 e. The molecule has 5 heteroatoms. The number of benzene rings is 2. The molecule has 0 spiro atoms. The van der Waals surface area contributed by atoms with Gasteiger partial charge < -0.3 is 15.5 Å². The molecule has 1 saturated carbocycles. The van der Waals surface area contributed by atoms with Gasteiger partial charge in [0.1, 0.15) is 5.82 Å². The van der Waals surface area contributed by atoms with Crippen LogP contribution in [0.1, 0.15) is 50.5 Å². The Balaban J connectivity index is 1.14. The first-order valence-electron chi connectivity index (χ1n) is 12.6. The average molecular weight is 446 g/mol. The van der Waals surface area contributed by atoms with E-state index in [1.807, 2.05) is 26.2 Å². The first-order chi connectivity index (χ1) is 16.2. The largest absolute Gasteiger partial charge is 0.362 e. The van der Waals surface area contributed by atoms with Crippen LogP contribution in [0.5, 0.6) is 0 Å². The Bertz CT molecular complexity index is 980. The summed E-state index contributed by atoms with van der Waals surface area (Å²) in [5.74, 6) is 2.53. The Kier molecular flexibility index (Phi) is 8.53. The first-order valence-corrected chi connectivity index (χ1v) is 12.6. The molecule has 1 aromatic heterocycles. The van der Waals surface area contributed by atoms with Crippen molar-refractivity contribution in [3.05, 3.63) is 60.2 Å². The summed E-state index contributed by atoms with van der Waals surface area (Å²) in [4.78, 5) is 11.7. The molecular weight excluding hydrogens is 406 g/mol. The zero-order valence-corrected chi connectivity index (χ0v) is 20.3. The second kappa shape index (κ2) is 12.0. The van der Waals surface area contributed by atoms with E-state index < -0.39 is 0 Å². The van der Waals surface area contributed by atoms with Crippen LogP contribution in [0.25, 0.3) is 10.9 Å². The fraction of sp³-hybridized carbons (Fsp3) is 0.500. The number of aryl methyl sites for hydroxylation is 1. The lowest BCUT2D eigenvalue weighted by Crippen LogP contribution is -2.32. The number of unbranched alkanes of at least 4 members (excludes halogenated alkanes) is 2. The number of hydrogen-bond donors (Lipinski definition) is 2. The molecule has 2 N–H and O–H groups in total. The summed E-state index contributed by atoms with van der Waals surface area (Å²) in [6, 6.07) is 19.5. The zero-order chi connectivity index (χ0) is 22.9. The Morgan fingerprint density at radius 1 is 0.848 bits per heavy atom. The van der Waals surface area contributed by atoms with Gasteiger partial charge in [0.25, 0.3) is 0 Å². The Hall–Kier alpha value is -2.66. The topological polar surface area (TPSA) is 53.1 Å². The van der Waals surface area contributed by atoms with E-state index >= 15 is 0 Å². The number of para-hydroxylation sites is 1. The predicted molar refractivity (Wildman–Crippen MR) is 140 cm³/mol.